The zero-order valence-corrected chi connectivity index (χ0v) is 11.8. The molecule has 0 aliphatic carbocycles. The fourth-order valence-corrected chi connectivity index (χ4v) is 2.55. The highest BCUT2D eigenvalue weighted by Gasteiger charge is 2.14. The minimum absolute atomic E-state index is 0.191. The van der Waals surface area contributed by atoms with Gasteiger partial charge in [-0.15, -0.1) is 0 Å². The smallest absolute Gasteiger partial charge is 0.0935 e. The molecule has 0 aliphatic rings. The van der Waals surface area contributed by atoms with E-state index in [1.165, 1.54) is 16.5 Å². The Bertz CT molecular complexity index is 704. The number of furan rings is 1. The van der Waals surface area contributed by atoms with Gasteiger partial charge in [0.25, 0.3) is 0 Å². The van der Waals surface area contributed by atoms with Crippen LogP contribution >= 0.6 is 0 Å². The molecule has 0 fully saturated rings. The van der Waals surface area contributed by atoms with Crippen LogP contribution in [0.3, 0.4) is 0 Å². The highest BCUT2D eigenvalue weighted by molar-refractivity contribution is 5.82. The van der Waals surface area contributed by atoms with E-state index in [4.69, 9.17) is 9.40 Å². The van der Waals surface area contributed by atoms with E-state index in [-0.39, 0.29) is 6.04 Å². The molecule has 0 saturated heterocycles. The summed E-state index contributed by atoms with van der Waals surface area (Å²) >= 11 is 0. The van der Waals surface area contributed by atoms with Crippen LogP contribution in [0.15, 0.2) is 53.3 Å². The molecule has 0 spiro atoms. The Morgan fingerprint density at radius 1 is 1.25 bits per heavy atom. The zero-order chi connectivity index (χ0) is 13.9. The van der Waals surface area contributed by atoms with Gasteiger partial charge >= 0.3 is 0 Å². The van der Waals surface area contributed by atoms with Crippen molar-refractivity contribution in [2.45, 2.75) is 19.4 Å². The van der Waals surface area contributed by atoms with Gasteiger partial charge in [0.15, 0.2) is 0 Å². The normalized spacial score (nSPS) is 12.7. The molecule has 3 aromatic rings. The number of pyridine rings is 1. The molecule has 102 valence electrons. The average Bonchev–Trinajstić information content (AvgIpc) is 2.97. The number of benzene rings is 1. The van der Waals surface area contributed by atoms with Crippen LogP contribution in [0.25, 0.3) is 10.9 Å². The Morgan fingerprint density at radius 3 is 2.85 bits per heavy atom. The quantitative estimate of drug-likeness (QED) is 0.783. The van der Waals surface area contributed by atoms with Crippen LogP contribution in [0.4, 0.5) is 0 Å². The molecule has 0 amide bonds. The highest BCUT2D eigenvalue weighted by atomic mass is 16.3. The summed E-state index contributed by atoms with van der Waals surface area (Å²) in [7, 11) is 1.97. The molecular weight excluding hydrogens is 248 g/mol. The van der Waals surface area contributed by atoms with Crippen LogP contribution in [0, 0.1) is 6.92 Å². The summed E-state index contributed by atoms with van der Waals surface area (Å²) in [6.45, 7) is 2.14. The van der Waals surface area contributed by atoms with Crippen molar-refractivity contribution in [3.05, 3.63) is 65.7 Å². The summed E-state index contributed by atoms with van der Waals surface area (Å²) in [4.78, 5) is 4.79. The van der Waals surface area contributed by atoms with Gasteiger partial charge in [-0.1, -0.05) is 18.2 Å². The first kappa shape index (κ1) is 12.9. The number of aryl methyl sites for hydroxylation is 1. The predicted molar refractivity (Wildman–Crippen MR) is 80.7 cm³/mol. The van der Waals surface area contributed by atoms with E-state index in [1.54, 1.807) is 12.5 Å². The molecule has 1 atom stereocenters. The van der Waals surface area contributed by atoms with Gasteiger partial charge in [0.2, 0.25) is 0 Å². The van der Waals surface area contributed by atoms with Crippen molar-refractivity contribution in [2.75, 3.05) is 7.05 Å². The number of rotatable bonds is 4. The number of hydrogen-bond acceptors (Lipinski definition) is 3. The van der Waals surface area contributed by atoms with Crippen LogP contribution in [0.5, 0.6) is 0 Å². The first-order valence-electron chi connectivity index (χ1n) is 6.82. The third kappa shape index (κ3) is 2.45. The van der Waals surface area contributed by atoms with Gasteiger partial charge in [0, 0.05) is 5.39 Å². The maximum absolute atomic E-state index is 5.14. The van der Waals surface area contributed by atoms with Crippen molar-refractivity contribution in [1.29, 1.82) is 0 Å². The molecule has 0 bridgehead atoms. The molecule has 1 N–H and O–H groups in total. The van der Waals surface area contributed by atoms with Crippen LogP contribution in [0.1, 0.15) is 22.9 Å². The summed E-state index contributed by atoms with van der Waals surface area (Å²) in [5.41, 5.74) is 4.56. The Kier molecular flexibility index (Phi) is 3.52. The first-order chi connectivity index (χ1) is 9.78. The third-order valence-electron chi connectivity index (χ3n) is 3.67. The molecule has 3 heteroatoms. The Hall–Kier alpha value is -2.13. The van der Waals surface area contributed by atoms with E-state index >= 15 is 0 Å². The van der Waals surface area contributed by atoms with E-state index in [1.807, 2.05) is 19.2 Å². The molecule has 20 heavy (non-hydrogen) atoms. The lowest BCUT2D eigenvalue weighted by Gasteiger charge is -2.16. The minimum atomic E-state index is 0.191. The Morgan fingerprint density at radius 2 is 2.10 bits per heavy atom. The molecule has 1 aromatic carbocycles. The van der Waals surface area contributed by atoms with Crippen molar-refractivity contribution in [3.63, 3.8) is 0 Å². The van der Waals surface area contributed by atoms with E-state index in [9.17, 15) is 0 Å². The highest BCUT2D eigenvalue weighted by Crippen LogP contribution is 2.23. The molecule has 3 rings (SSSR count). The summed E-state index contributed by atoms with van der Waals surface area (Å²) in [6.07, 6.45) is 4.37. The van der Waals surface area contributed by atoms with Gasteiger partial charge in [-0.05, 0) is 49.7 Å². The number of likely N-dealkylation sites (N-methyl/N-ethyl adjacent to an activating group) is 1. The molecule has 0 radical (unpaired) electrons. The number of fused-ring (bicyclic) bond motifs is 1. The van der Waals surface area contributed by atoms with Crippen LogP contribution in [0.2, 0.25) is 0 Å². The average molecular weight is 266 g/mol. The van der Waals surface area contributed by atoms with Crippen molar-refractivity contribution in [2.24, 2.45) is 0 Å². The molecule has 2 aromatic heterocycles. The molecule has 1 unspecified atom stereocenters. The number of hydrogen-bond donors (Lipinski definition) is 1. The lowest BCUT2D eigenvalue weighted by atomic mass is 10.0. The van der Waals surface area contributed by atoms with E-state index in [0.29, 0.717) is 0 Å². The van der Waals surface area contributed by atoms with Crippen molar-refractivity contribution in [3.8, 4) is 0 Å². The fraction of sp³-hybridized carbons (Fsp3) is 0.235. The maximum Gasteiger partial charge on any atom is 0.0935 e. The van der Waals surface area contributed by atoms with Gasteiger partial charge in [-0.3, -0.25) is 4.98 Å². The second-order valence-corrected chi connectivity index (χ2v) is 5.06. The molecule has 0 saturated carbocycles. The SMILES string of the molecule is CNC(Cc1ccoc1)c1cc(C)c2ccccc2n1. The number of nitrogens with zero attached hydrogens (tertiary/aromatic N) is 1. The summed E-state index contributed by atoms with van der Waals surface area (Å²) in [6, 6.07) is 12.6. The van der Waals surface area contributed by atoms with Gasteiger partial charge in [-0.2, -0.15) is 0 Å². The van der Waals surface area contributed by atoms with Gasteiger partial charge in [0.1, 0.15) is 0 Å². The number of nitrogens with one attached hydrogen (secondary N) is 1. The minimum Gasteiger partial charge on any atom is -0.472 e. The van der Waals surface area contributed by atoms with Gasteiger partial charge in [-0.25, -0.2) is 0 Å². The molecule has 0 aliphatic heterocycles. The van der Waals surface area contributed by atoms with Gasteiger partial charge in [0.05, 0.1) is 29.8 Å². The number of aromatic nitrogens is 1. The van der Waals surface area contributed by atoms with Crippen molar-refractivity contribution < 1.29 is 4.42 Å². The summed E-state index contributed by atoms with van der Waals surface area (Å²) < 4.78 is 5.14. The summed E-state index contributed by atoms with van der Waals surface area (Å²) in [5, 5.41) is 4.56. The first-order valence-corrected chi connectivity index (χ1v) is 6.82. The second-order valence-electron chi connectivity index (χ2n) is 5.06. The van der Waals surface area contributed by atoms with Crippen molar-refractivity contribution >= 4 is 10.9 Å². The second kappa shape index (κ2) is 5.47. The standard InChI is InChI=1S/C17H18N2O/c1-12-9-17(19-15-6-4-3-5-14(12)15)16(18-2)10-13-7-8-20-11-13/h3-9,11,16,18H,10H2,1-2H3. The molecule has 3 nitrogen and oxygen atoms in total. The lowest BCUT2D eigenvalue weighted by molar-refractivity contribution is 0.547. The van der Waals surface area contributed by atoms with Crippen molar-refractivity contribution in [1.82, 2.24) is 10.3 Å². The Balaban J connectivity index is 1.99. The van der Waals surface area contributed by atoms with Crippen LogP contribution in [-0.4, -0.2) is 12.0 Å². The van der Waals surface area contributed by atoms with Crippen LogP contribution < -0.4 is 5.32 Å². The molecular formula is C17H18N2O. The van der Waals surface area contributed by atoms with Crippen LogP contribution in [-0.2, 0) is 6.42 Å². The van der Waals surface area contributed by atoms with E-state index in [2.05, 4.69) is 36.5 Å². The summed E-state index contributed by atoms with van der Waals surface area (Å²) in [5.74, 6) is 0. The lowest BCUT2D eigenvalue weighted by Crippen LogP contribution is -2.20. The monoisotopic (exact) mass is 266 g/mol. The predicted octanol–water partition coefficient (Wildman–Crippen LogP) is 3.64. The van der Waals surface area contributed by atoms with Gasteiger partial charge < -0.3 is 9.73 Å². The maximum atomic E-state index is 5.14. The van der Waals surface area contributed by atoms with E-state index in [0.717, 1.165) is 17.6 Å². The van der Waals surface area contributed by atoms with E-state index < -0.39 is 0 Å². The fourth-order valence-electron chi connectivity index (χ4n) is 2.55. The Labute approximate surface area is 118 Å². The zero-order valence-electron chi connectivity index (χ0n) is 11.8. The number of para-hydroxylation sites is 1. The largest absolute Gasteiger partial charge is 0.472 e. The third-order valence-corrected chi connectivity index (χ3v) is 3.67. The molecule has 2 heterocycles. The topological polar surface area (TPSA) is 38.1 Å².